The van der Waals surface area contributed by atoms with Crippen molar-refractivity contribution in [3.05, 3.63) is 63.9 Å². The van der Waals surface area contributed by atoms with Gasteiger partial charge in [-0.05, 0) is 37.3 Å². The lowest BCUT2D eigenvalue weighted by molar-refractivity contribution is 0.0938. The molecule has 1 aromatic heterocycles. The van der Waals surface area contributed by atoms with E-state index in [0.29, 0.717) is 21.4 Å². The molecule has 0 aliphatic carbocycles. The Kier molecular flexibility index (Phi) is 4.05. The number of imidazole rings is 1. The van der Waals surface area contributed by atoms with Crippen LogP contribution in [0, 0.1) is 0 Å². The summed E-state index contributed by atoms with van der Waals surface area (Å²) < 4.78 is 0. The van der Waals surface area contributed by atoms with Crippen molar-refractivity contribution < 1.29 is 4.79 Å². The van der Waals surface area contributed by atoms with Crippen molar-refractivity contribution in [2.24, 2.45) is 0 Å². The number of H-pyrrole nitrogens is 1. The minimum atomic E-state index is -0.266. The smallest absolute Gasteiger partial charge is 0.251 e. The molecule has 0 aliphatic rings. The average Bonchev–Trinajstić information content (AvgIpc) is 2.90. The molecule has 0 spiro atoms. The molecule has 1 amide bonds. The molecule has 0 bridgehead atoms. The number of halogens is 2. The summed E-state index contributed by atoms with van der Waals surface area (Å²) in [5, 5.41) is 3.73. The Labute approximate surface area is 137 Å². The fraction of sp³-hybridized carbons (Fsp3) is 0.125. The predicted molar refractivity (Wildman–Crippen MR) is 88.4 cm³/mol. The van der Waals surface area contributed by atoms with Crippen LogP contribution in [0.4, 0.5) is 0 Å². The number of aromatic amines is 1. The number of carbonyl (C=O) groups is 1. The maximum absolute atomic E-state index is 12.3. The minimum Gasteiger partial charge on any atom is -0.342 e. The SMILES string of the molecule is CC(NC(=O)c1cc(Cl)cc(Cl)c1)c1nc2ccccc2[nH]1. The van der Waals surface area contributed by atoms with Crippen molar-refractivity contribution in [1.82, 2.24) is 15.3 Å². The number of amides is 1. The van der Waals surface area contributed by atoms with E-state index in [-0.39, 0.29) is 11.9 Å². The lowest BCUT2D eigenvalue weighted by Crippen LogP contribution is -2.27. The van der Waals surface area contributed by atoms with Crippen LogP contribution in [0.15, 0.2) is 42.5 Å². The first-order valence-electron chi connectivity index (χ1n) is 6.74. The monoisotopic (exact) mass is 333 g/mol. The van der Waals surface area contributed by atoms with E-state index in [9.17, 15) is 4.79 Å². The van der Waals surface area contributed by atoms with Crippen LogP contribution < -0.4 is 5.32 Å². The first-order valence-corrected chi connectivity index (χ1v) is 7.50. The highest BCUT2D eigenvalue weighted by Crippen LogP contribution is 2.20. The number of rotatable bonds is 3. The normalized spacial score (nSPS) is 12.3. The van der Waals surface area contributed by atoms with Crippen molar-refractivity contribution in [3.63, 3.8) is 0 Å². The summed E-state index contributed by atoms with van der Waals surface area (Å²) in [6, 6.07) is 12.2. The summed E-state index contributed by atoms with van der Waals surface area (Å²) in [6.07, 6.45) is 0. The van der Waals surface area contributed by atoms with Crippen LogP contribution in [0.1, 0.15) is 29.1 Å². The number of hydrogen-bond acceptors (Lipinski definition) is 2. The first kappa shape index (κ1) is 14.9. The van der Waals surface area contributed by atoms with E-state index in [1.807, 2.05) is 31.2 Å². The zero-order chi connectivity index (χ0) is 15.7. The highest BCUT2D eigenvalue weighted by atomic mass is 35.5. The highest BCUT2D eigenvalue weighted by Gasteiger charge is 2.15. The van der Waals surface area contributed by atoms with E-state index in [2.05, 4.69) is 15.3 Å². The summed E-state index contributed by atoms with van der Waals surface area (Å²) in [4.78, 5) is 19.9. The first-order chi connectivity index (χ1) is 10.5. The van der Waals surface area contributed by atoms with Crippen LogP contribution in [0.3, 0.4) is 0 Å². The Balaban J connectivity index is 1.80. The molecule has 1 unspecified atom stereocenters. The Morgan fingerprint density at radius 1 is 1.18 bits per heavy atom. The van der Waals surface area contributed by atoms with Gasteiger partial charge < -0.3 is 10.3 Å². The fourth-order valence-corrected chi connectivity index (χ4v) is 2.74. The van der Waals surface area contributed by atoms with Gasteiger partial charge in [0.15, 0.2) is 0 Å². The highest BCUT2D eigenvalue weighted by molar-refractivity contribution is 6.35. The number of carbonyl (C=O) groups excluding carboxylic acids is 1. The second kappa shape index (κ2) is 5.99. The molecule has 3 aromatic rings. The van der Waals surface area contributed by atoms with Crippen LogP contribution in [-0.2, 0) is 0 Å². The van der Waals surface area contributed by atoms with Gasteiger partial charge in [0.1, 0.15) is 5.82 Å². The summed E-state index contributed by atoms with van der Waals surface area (Å²) in [6.45, 7) is 1.86. The van der Waals surface area contributed by atoms with Gasteiger partial charge in [-0.1, -0.05) is 35.3 Å². The van der Waals surface area contributed by atoms with Gasteiger partial charge in [-0.25, -0.2) is 4.98 Å². The molecular weight excluding hydrogens is 321 g/mol. The van der Waals surface area contributed by atoms with E-state index < -0.39 is 0 Å². The molecule has 0 saturated heterocycles. The Bertz CT molecular complexity index is 791. The molecule has 1 heterocycles. The molecule has 112 valence electrons. The quantitative estimate of drug-likeness (QED) is 0.748. The van der Waals surface area contributed by atoms with Gasteiger partial charge in [0, 0.05) is 15.6 Å². The average molecular weight is 334 g/mol. The van der Waals surface area contributed by atoms with Crippen LogP contribution in [0.2, 0.25) is 10.0 Å². The van der Waals surface area contributed by atoms with Crippen LogP contribution in [-0.4, -0.2) is 15.9 Å². The molecule has 22 heavy (non-hydrogen) atoms. The third-order valence-corrected chi connectivity index (χ3v) is 3.73. The molecule has 2 N–H and O–H groups in total. The van der Waals surface area contributed by atoms with E-state index in [0.717, 1.165) is 11.0 Å². The standard InChI is InChI=1S/C16H13Cl2N3O/c1-9(15-20-13-4-2-3-5-14(13)21-15)19-16(22)10-6-11(17)8-12(18)7-10/h2-9H,1H3,(H,19,22)(H,20,21). The number of aromatic nitrogens is 2. The molecule has 0 saturated carbocycles. The lowest BCUT2D eigenvalue weighted by atomic mass is 10.2. The molecule has 4 nitrogen and oxygen atoms in total. The van der Waals surface area contributed by atoms with Gasteiger partial charge in [0.2, 0.25) is 0 Å². The number of fused-ring (bicyclic) bond motifs is 1. The van der Waals surface area contributed by atoms with Gasteiger partial charge in [-0.15, -0.1) is 0 Å². The lowest BCUT2D eigenvalue weighted by Gasteiger charge is -2.11. The molecule has 0 aliphatic heterocycles. The third kappa shape index (κ3) is 3.08. The van der Waals surface area contributed by atoms with Crippen molar-refractivity contribution in [3.8, 4) is 0 Å². The number of para-hydroxylation sites is 2. The predicted octanol–water partition coefficient (Wildman–Crippen LogP) is 4.36. The molecular formula is C16H13Cl2N3O. The molecule has 1 atom stereocenters. The molecule has 0 radical (unpaired) electrons. The van der Waals surface area contributed by atoms with E-state index in [1.54, 1.807) is 18.2 Å². The van der Waals surface area contributed by atoms with Gasteiger partial charge >= 0.3 is 0 Å². The van der Waals surface area contributed by atoms with E-state index in [4.69, 9.17) is 23.2 Å². The zero-order valence-electron chi connectivity index (χ0n) is 11.7. The largest absolute Gasteiger partial charge is 0.342 e. The van der Waals surface area contributed by atoms with E-state index >= 15 is 0 Å². The van der Waals surface area contributed by atoms with Gasteiger partial charge in [-0.2, -0.15) is 0 Å². The van der Waals surface area contributed by atoms with Crippen LogP contribution in [0.5, 0.6) is 0 Å². The maximum Gasteiger partial charge on any atom is 0.251 e. The maximum atomic E-state index is 12.3. The number of nitrogens with zero attached hydrogens (tertiary/aromatic N) is 1. The second-order valence-corrected chi connectivity index (χ2v) is 5.87. The Morgan fingerprint density at radius 2 is 1.86 bits per heavy atom. The van der Waals surface area contributed by atoms with Crippen LogP contribution in [0.25, 0.3) is 11.0 Å². The summed E-state index contributed by atoms with van der Waals surface area (Å²) in [5.74, 6) is 0.444. The van der Waals surface area contributed by atoms with Crippen LogP contribution >= 0.6 is 23.2 Å². The Hall–Kier alpha value is -2.04. The number of hydrogen-bond donors (Lipinski definition) is 2. The third-order valence-electron chi connectivity index (χ3n) is 3.29. The number of benzene rings is 2. The molecule has 3 rings (SSSR count). The van der Waals surface area contributed by atoms with Gasteiger partial charge in [0.05, 0.1) is 17.1 Å². The molecule has 6 heteroatoms. The number of nitrogens with one attached hydrogen (secondary N) is 2. The topological polar surface area (TPSA) is 57.8 Å². The van der Waals surface area contributed by atoms with Crippen molar-refractivity contribution >= 4 is 40.1 Å². The molecule has 0 fully saturated rings. The van der Waals surface area contributed by atoms with Crippen molar-refractivity contribution in [2.45, 2.75) is 13.0 Å². The zero-order valence-corrected chi connectivity index (χ0v) is 13.2. The minimum absolute atomic E-state index is 0.252. The fourth-order valence-electron chi connectivity index (χ4n) is 2.21. The summed E-state index contributed by atoms with van der Waals surface area (Å²) in [7, 11) is 0. The Morgan fingerprint density at radius 3 is 2.55 bits per heavy atom. The van der Waals surface area contributed by atoms with Gasteiger partial charge in [-0.3, -0.25) is 4.79 Å². The molecule has 2 aromatic carbocycles. The van der Waals surface area contributed by atoms with Crippen molar-refractivity contribution in [1.29, 1.82) is 0 Å². The summed E-state index contributed by atoms with van der Waals surface area (Å²) >= 11 is 11.8. The van der Waals surface area contributed by atoms with Gasteiger partial charge in [0.25, 0.3) is 5.91 Å². The second-order valence-electron chi connectivity index (χ2n) is 4.99. The van der Waals surface area contributed by atoms with Crippen molar-refractivity contribution in [2.75, 3.05) is 0 Å². The van der Waals surface area contributed by atoms with E-state index in [1.165, 1.54) is 0 Å². The summed E-state index contributed by atoms with van der Waals surface area (Å²) in [5.41, 5.74) is 2.22.